The van der Waals surface area contributed by atoms with Crippen molar-refractivity contribution in [1.82, 2.24) is 30.4 Å². The quantitative estimate of drug-likeness (QED) is 0.459. The average molecular weight is 133 g/mol. The highest BCUT2D eigenvalue weighted by Gasteiger charge is 1.94. The molecule has 0 saturated carbocycles. The number of hydrogen-bond donors (Lipinski definition) is 0. The first-order valence-corrected chi connectivity index (χ1v) is 2.51. The fraction of sp³-hybridized carbons (Fsp3) is 0. The topological polar surface area (TPSA) is 77.3 Å². The summed E-state index contributed by atoms with van der Waals surface area (Å²) in [6, 6.07) is 0. The predicted molar refractivity (Wildman–Crippen MR) is 29.6 cm³/mol. The van der Waals surface area contributed by atoms with Crippen LogP contribution in [0.15, 0.2) is 6.33 Å². The van der Waals surface area contributed by atoms with Crippen LogP contribution in [-0.4, -0.2) is 30.4 Å². The van der Waals surface area contributed by atoms with Gasteiger partial charge in [-0.2, -0.15) is 4.98 Å². The molecule has 0 aliphatic carbocycles. The molecule has 0 aromatic carbocycles. The normalized spacial score (nSPS) is 10.0. The summed E-state index contributed by atoms with van der Waals surface area (Å²) in [5.74, 6) is 0. The lowest BCUT2D eigenvalue weighted by Crippen LogP contribution is -1.93. The molecule has 0 aliphatic rings. The zero-order chi connectivity index (χ0) is 6.81. The average Bonchev–Trinajstić information content (AvgIpc) is 2.05. The molecule has 0 fully saturated rings. The van der Waals surface area contributed by atoms with Crippen molar-refractivity contribution in [2.75, 3.05) is 0 Å². The van der Waals surface area contributed by atoms with Crippen LogP contribution in [0, 0.1) is 6.33 Å². The Hall–Kier alpha value is -1.72. The number of hydrogen-bond acceptors (Lipinski definition) is 6. The van der Waals surface area contributed by atoms with Gasteiger partial charge >= 0.3 is 0 Å². The van der Waals surface area contributed by atoms with Gasteiger partial charge in [0.25, 0.3) is 0 Å². The van der Waals surface area contributed by atoms with Gasteiger partial charge < -0.3 is 0 Å². The molecule has 0 atom stereocenters. The third-order valence-corrected chi connectivity index (χ3v) is 0.929. The van der Waals surface area contributed by atoms with E-state index in [1.54, 1.807) is 0 Å². The van der Waals surface area contributed by atoms with Crippen molar-refractivity contribution in [2.45, 2.75) is 0 Å². The Labute approximate surface area is 55.4 Å². The van der Waals surface area contributed by atoms with Crippen LogP contribution in [0.2, 0.25) is 0 Å². The number of aromatic nitrogens is 6. The van der Waals surface area contributed by atoms with E-state index in [0.717, 1.165) is 0 Å². The molecule has 0 bridgehead atoms. The van der Waals surface area contributed by atoms with Gasteiger partial charge in [0.2, 0.25) is 17.6 Å². The Morgan fingerprint density at radius 2 is 2.20 bits per heavy atom. The molecule has 2 heterocycles. The van der Waals surface area contributed by atoms with Crippen molar-refractivity contribution in [3.8, 4) is 0 Å². The molecule has 0 spiro atoms. The van der Waals surface area contributed by atoms with Gasteiger partial charge in [-0.15, -0.1) is 20.4 Å². The fourth-order valence-corrected chi connectivity index (χ4v) is 0.546. The second kappa shape index (κ2) is 1.90. The van der Waals surface area contributed by atoms with Crippen molar-refractivity contribution in [1.29, 1.82) is 0 Å². The molecule has 47 valence electrons. The molecule has 0 aliphatic heterocycles. The minimum atomic E-state index is 0.359. The molecule has 10 heavy (non-hydrogen) atoms. The fourth-order valence-electron chi connectivity index (χ4n) is 0.546. The van der Waals surface area contributed by atoms with Crippen LogP contribution in [0.1, 0.15) is 0 Å². The van der Waals surface area contributed by atoms with Crippen LogP contribution in [0.25, 0.3) is 11.3 Å². The molecule has 2 rings (SSSR count). The van der Waals surface area contributed by atoms with Gasteiger partial charge in [0.15, 0.2) is 0 Å². The van der Waals surface area contributed by atoms with Crippen LogP contribution in [0.5, 0.6) is 0 Å². The van der Waals surface area contributed by atoms with Crippen LogP contribution in [-0.2, 0) is 0 Å². The van der Waals surface area contributed by atoms with Gasteiger partial charge in [0.05, 0.1) is 0 Å². The van der Waals surface area contributed by atoms with Gasteiger partial charge in [0, 0.05) is 0 Å². The Balaban J connectivity index is 2.89. The summed E-state index contributed by atoms with van der Waals surface area (Å²) >= 11 is 0. The molecule has 0 unspecified atom stereocenters. The summed E-state index contributed by atoms with van der Waals surface area (Å²) in [6.07, 6.45) is 3.57. The highest BCUT2D eigenvalue weighted by Crippen LogP contribution is 1.92. The van der Waals surface area contributed by atoms with Gasteiger partial charge in [0.1, 0.15) is 6.33 Å². The van der Waals surface area contributed by atoms with Crippen molar-refractivity contribution in [2.24, 2.45) is 0 Å². The van der Waals surface area contributed by atoms with E-state index in [2.05, 4.69) is 36.7 Å². The van der Waals surface area contributed by atoms with Crippen molar-refractivity contribution in [3.05, 3.63) is 12.7 Å². The number of rotatable bonds is 0. The monoisotopic (exact) mass is 133 g/mol. The second-order valence-corrected chi connectivity index (χ2v) is 1.52. The summed E-state index contributed by atoms with van der Waals surface area (Å²) in [6.45, 7) is 0. The van der Waals surface area contributed by atoms with Gasteiger partial charge in [-0.3, -0.25) is 0 Å². The van der Waals surface area contributed by atoms with Crippen LogP contribution in [0.4, 0.5) is 0 Å². The molecule has 0 N–H and O–H groups in total. The van der Waals surface area contributed by atoms with E-state index in [4.69, 9.17) is 0 Å². The number of nitrogens with zero attached hydrogens (tertiary/aromatic N) is 6. The van der Waals surface area contributed by atoms with E-state index in [0.29, 0.717) is 11.3 Å². The summed E-state index contributed by atoms with van der Waals surface area (Å²) in [5.41, 5.74) is 0.742. The van der Waals surface area contributed by atoms with Crippen molar-refractivity contribution < 1.29 is 0 Å². The zero-order valence-electron chi connectivity index (χ0n) is 4.76. The van der Waals surface area contributed by atoms with Gasteiger partial charge in [-0.25, -0.2) is 4.98 Å². The summed E-state index contributed by atoms with van der Waals surface area (Å²) in [4.78, 5) is 7.40. The van der Waals surface area contributed by atoms with Crippen molar-refractivity contribution >= 4 is 11.3 Å². The van der Waals surface area contributed by atoms with Crippen molar-refractivity contribution in [3.63, 3.8) is 0 Å². The van der Waals surface area contributed by atoms with E-state index in [-0.39, 0.29) is 0 Å². The summed E-state index contributed by atoms with van der Waals surface area (Å²) in [7, 11) is 0. The maximum Gasteiger partial charge on any atom is 0.223 e. The van der Waals surface area contributed by atoms with Gasteiger partial charge in [-0.05, 0) is 0 Å². The molecule has 6 heteroatoms. The lowest BCUT2D eigenvalue weighted by atomic mass is 10.7. The molecule has 6 nitrogen and oxygen atoms in total. The minimum Gasteiger partial charge on any atom is -0.210 e. The van der Waals surface area contributed by atoms with E-state index in [1.807, 2.05) is 0 Å². The standard InChI is InChI=1S/C4HN6/c1-5-3-4(9-7-1)6-2-8-10-3/h1H. The molecule has 2 aromatic heterocycles. The largest absolute Gasteiger partial charge is 0.223 e. The Kier molecular flexibility index (Phi) is 0.970. The predicted octanol–water partition coefficient (Wildman–Crippen LogP) is -0.990. The van der Waals surface area contributed by atoms with Crippen LogP contribution in [0.3, 0.4) is 0 Å². The van der Waals surface area contributed by atoms with E-state index < -0.39 is 0 Å². The Bertz CT molecular complexity index is 281. The van der Waals surface area contributed by atoms with Gasteiger partial charge in [-0.1, -0.05) is 0 Å². The van der Waals surface area contributed by atoms with E-state index >= 15 is 0 Å². The Morgan fingerprint density at radius 3 is 3.10 bits per heavy atom. The lowest BCUT2D eigenvalue weighted by molar-refractivity contribution is 0.924. The number of fused-ring (bicyclic) bond motifs is 1. The van der Waals surface area contributed by atoms with Crippen LogP contribution < -0.4 is 0 Å². The highest BCUT2D eigenvalue weighted by molar-refractivity contribution is 5.60. The Morgan fingerprint density at radius 1 is 1.20 bits per heavy atom. The van der Waals surface area contributed by atoms with E-state index in [1.165, 1.54) is 6.33 Å². The third kappa shape index (κ3) is 0.661. The lowest BCUT2D eigenvalue weighted by Gasteiger charge is -1.85. The maximum atomic E-state index is 3.75. The SMILES string of the molecule is [c]1nnc2ncnnc2n1. The summed E-state index contributed by atoms with van der Waals surface area (Å²) in [5, 5.41) is 14.1. The second-order valence-electron chi connectivity index (χ2n) is 1.52. The first-order chi connectivity index (χ1) is 4.97. The molecule has 1 radical (unpaired) electrons. The molecular formula is C4HN6. The van der Waals surface area contributed by atoms with Crippen LogP contribution >= 0.6 is 0 Å². The first-order valence-electron chi connectivity index (χ1n) is 2.51. The summed E-state index contributed by atoms with van der Waals surface area (Å²) < 4.78 is 0. The maximum absolute atomic E-state index is 3.75. The molecule has 0 saturated heterocycles. The smallest absolute Gasteiger partial charge is 0.210 e. The van der Waals surface area contributed by atoms with E-state index in [9.17, 15) is 0 Å². The first kappa shape index (κ1) is 5.10. The molecule has 2 aromatic rings. The highest BCUT2D eigenvalue weighted by atomic mass is 15.2. The zero-order valence-corrected chi connectivity index (χ0v) is 4.76. The molecule has 0 amide bonds. The minimum absolute atomic E-state index is 0.359. The molecular weight excluding hydrogens is 132 g/mol. The third-order valence-electron chi connectivity index (χ3n) is 0.929.